The number of rotatable bonds is 7. The fraction of sp³-hybridized carbons (Fsp3) is 0.636. The molecule has 0 spiro atoms. The first-order chi connectivity index (χ1) is 14.5. The van der Waals surface area contributed by atoms with Gasteiger partial charge in [0.2, 0.25) is 5.91 Å². The minimum absolute atomic E-state index is 0.0120. The molecule has 1 saturated carbocycles. The molecule has 1 saturated heterocycles. The molecule has 1 aromatic carbocycles. The third-order valence-electron chi connectivity index (χ3n) is 6.13. The van der Waals surface area contributed by atoms with Crippen LogP contribution in [0.4, 0.5) is 18.0 Å². The van der Waals surface area contributed by atoms with Crippen molar-refractivity contribution in [3.63, 3.8) is 0 Å². The highest BCUT2D eigenvalue weighted by molar-refractivity contribution is 5.80. The van der Waals surface area contributed by atoms with Crippen LogP contribution in [0.3, 0.4) is 0 Å². The van der Waals surface area contributed by atoms with Crippen molar-refractivity contribution in [1.82, 2.24) is 10.2 Å². The number of fused-ring (bicyclic) bond motifs is 1. The van der Waals surface area contributed by atoms with Gasteiger partial charge in [0.05, 0.1) is 12.0 Å². The van der Waals surface area contributed by atoms with Crippen molar-refractivity contribution >= 4 is 12.0 Å². The van der Waals surface area contributed by atoms with E-state index in [1.165, 1.54) is 12.1 Å². The molecule has 9 heteroatoms. The summed E-state index contributed by atoms with van der Waals surface area (Å²) in [7, 11) is 0. The minimum atomic E-state index is -4.72. The number of amides is 2. The SMILES string of the molecule is CC[C@H](CNC(=O)OC(C)C)C(=O)N1CCC2(c3cccc(OC(F)(F)F)c3)CC2C1. The first-order valence-electron chi connectivity index (χ1n) is 10.6. The zero-order valence-corrected chi connectivity index (χ0v) is 18.0. The van der Waals surface area contributed by atoms with Crippen LogP contribution in [0.2, 0.25) is 0 Å². The molecule has 2 amide bonds. The summed E-state index contributed by atoms with van der Waals surface area (Å²) in [5, 5.41) is 2.65. The number of hydrogen-bond donors (Lipinski definition) is 1. The lowest BCUT2D eigenvalue weighted by Gasteiger charge is -2.34. The average Bonchev–Trinajstić information content (AvgIpc) is 3.41. The summed E-state index contributed by atoms with van der Waals surface area (Å²) in [4.78, 5) is 26.5. The van der Waals surface area contributed by atoms with Gasteiger partial charge in [-0.15, -0.1) is 13.2 Å². The molecular weight excluding hydrogens is 413 g/mol. The van der Waals surface area contributed by atoms with Crippen molar-refractivity contribution in [3.05, 3.63) is 29.8 Å². The lowest BCUT2D eigenvalue weighted by Crippen LogP contribution is -2.46. The Labute approximate surface area is 180 Å². The van der Waals surface area contributed by atoms with Gasteiger partial charge >= 0.3 is 12.5 Å². The van der Waals surface area contributed by atoms with Crippen LogP contribution in [-0.2, 0) is 14.9 Å². The van der Waals surface area contributed by atoms with E-state index < -0.39 is 12.5 Å². The lowest BCUT2D eigenvalue weighted by molar-refractivity contribution is -0.274. The van der Waals surface area contributed by atoms with Crippen molar-refractivity contribution in [2.45, 2.75) is 57.9 Å². The van der Waals surface area contributed by atoms with E-state index in [0.29, 0.717) is 25.9 Å². The quantitative estimate of drug-likeness (QED) is 0.686. The summed E-state index contributed by atoms with van der Waals surface area (Å²) in [5.41, 5.74) is 0.638. The average molecular weight is 442 g/mol. The number of benzene rings is 1. The molecule has 2 aliphatic rings. The molecule has 1 aliphatic carbocycles. The fourth-order valence-corrected chi connectivity index (χ4v) is 4.45. The molecule has 172 valence electrons. The zero-order valence-electron chi connectivity index (χ0n) is 18.0. The van der Waals surface area contributed by atoms with Crippen LogP contribution in [0, 0.1) is 11.8 Å². The van der Waals surface area contributed by atoms with Gasteiger partial charge < -0.3 is 19.7 Å². The summed E-state index contributed by atoms with van der Waals surface area (Å²) < 4.78 is 46.7. The van der Waals surface area contributed by atoms with Gasteiger partial charge in [-0.1, -0.05) is 19.1 Å². The van der Waals surface area contributed by atoms with E-state index in [1.54, 1.807) is 19.9 Å². The minimum Gasteiger partial charge on any atom is -0.447 e. The number of ether oxygens (including phenoxy) is 2. The molecule has 0 bridgehead atoms. The summed E-state index contributed by atoms with van der Waals surface area (Å²) in [5.74, 6) is -0.354. The van der Waals surface area contributed by atoms with E-state index in [4.69, 9.17) is 4.74 Å². The fourth-order valence-electron chi connectivity index (χ4n) is 4.45. The number of alkyl halides is 3. The second-order valence-corrected chi connectivity index (χ2v) is 8.61. The maximum Gasteiger partial charge on any atom is 0.573 e. The number of carbonyl (C=O) groups excluding carboxylic acids is 2. The Morgan fingerprint density at radius 1 is 1.32 bits per heavy atom. The number of likely N-dealkylation sites (tertiary alicyclic amines) is 1. The van der Waals surface area contributed by atoms with Crippen LogP contribution < -0.4 is 10.1 Å². The van der Waals surface area contributed by atoms with Crippen molar-refractivity contribution in [1.29, 1.82) is 0 Å². The summed E-state index contributed by atoms with van der Waals surface area (Å²) in [6.45, 7) is 6.72. The van der Waals surface area contributed by atoms with Crippen LogP contribution >= 0.6 is 0 Å². The number of carbonyl (C=O) groups is 2. The maximum absolute atomic E-state index is 13.0. The van der Waals surface area contributed by atoms with E-state index in [-0.39, 0.29) is 41.6 Å². The first-order valence-corrected chi connectivity index (χ1v) is 10.6. The molecule has 1 aliphatic heterocycles. The monoisotopic (exact) mass is 442 g/mol. The predicted octanol–water partition coefficient (Wildman–Crippen LogP) is 4.24. The number of nitrogens with zero attached hydrogens (tertiary/aromatic N) is 1. The summed E-state index contributed by atoms with van der Waals surface area (Å²) in [6, 6.07) is 6.17. The van der Waals surface area contributed by atoms with Crippen LogP contribution in [0.5, 0.6) is 5.75 Å². The maximum atomic E-state index is 13.0. The molecule has 1 heterocycles. The smallest absolute Gasteiger partial charge is 0.447 e. The number of alkyl carbamates (subject to hydrolysis) is 1. The molecule has 0 radical (unpaired) electrons. The van der Waals surface area contributed by atoms with E-state index in [1.807, 2.05) is 17.9 Å². The Kier molecular flexibility index (Phi) is 6.71. The molecular formula is C22H29F3N2O4. The largest absolute Gasteiger partial charge is 0.573 e. The van der Waals surface area contributed by atoms with Gasteiger partial charge in [-0.3, -0.25) is 4.79 Å². The Morgan fingerprint density at radius 2 is 2.06 bits per heavy atom. The van der Waals surface area contributed by atoms with Crippen molar-refractivity contribution in [3.8, 4) is 5.75 Å². The molecule has 2 fully saturated rings. The standard InChI is InChI=1S/C22H29F3N2O4/c1-4-15(12-26-20(29)30-14(2)3)19(28)27-9-8-21(11-17(21)13-27)16-6-5-7-18(10-16)31-22(23,24)25/h5-7,10,14-15,17H,4,8-9,11-13H2,1-3H3,(H,26,29)/t15-,17?,21?/m1/s1. The second-order valence-electron chi connectivity index (χ2n) is 8.61. The molecule has 3 rings (SSSR count). The van der Waals surface area contributed by atoms with Crippen molar-refractivity contribution in [2.24, 2.45) is 11.8 Å². The van der Waals surface area contributed by atoms with Gasteiger partial charge in [0.25, 0.3) is 0 Å². The number of hydrogen-bond acceptors (Lipinski definition) is 4. The van der Waals surface area contributed by atoms with Crippen LogP contribution in [0.15, 0.2) is 24.3 Å². The first kappa shape index (κ1) is 23.2. The van der Waals surface area contributed by atoms with E-state index in [0.717, 1.165) is 12.0 Å². The number of nitrogens with one attached hydrogen (secondary N) is 1. The zero-order chi connectivity index (χ0) is 22.8. The van der Waals surface area contributed by atoms with Crippen LogP contribution in [-0.4, -0.2) is 49.0 Å². The Morgan fingerprint density at radius 3 is 2.68 bits per heavy atom. The lowest BCUT2D eigenvalue weighted by atomic mass is 9.86. The van der Waals surface area contributed by atoms with Gasteiger partial charge in [-0.2, -0.15) is 0 Å². The molecule has 3 atom stereocenters. The summed E-state index contributed by atoms with van der Waals surface area (Å²) in [6.07, 6.45) is -3.38. The van der Waals surface area contributed by atoms with Crippen LogP contribution in [0.1, 0.15) is 45.6 Å². The molecule has 2 unspecified atom stereocenters. The number of halogens is 3. The highest BCUT2D eigenvalue weighted by Gasteiger charge is 2.58. The Bertz CT molecular complexity index is 814. The molecule has 31 heavy (non-hydrogen) atoms. The summed E-state index contributed by atoms with van der Waals surface area (Å²) >= 11 is 0. The van der Waals surface area contributed by atoms with Crippen molar-refractivity contribution < 1.29 is 32.2 Å². The third-order valence-corrected chi connectivity index (χ3v) is 6.13. The van der Waals surface area contributed by atoms with Gasteiger partial charge in [-0.05, 0) is 56.7 Å². The topological polar surface area (TPSA) is 67.9 Å². The molecule has 1 aromatic rings. The van der Waals surface area contributed by atoms with Gasteiger partial charge in [0.15, 0.2) is 0 Å². The second kappa shape index (κ2) is 8.96. The van der Waals surface area contributed by atoms with Crippen LogP contribution in [0.25, 0.3) is 0 Å². The Balaban J connectivity index is 1.58. The third kappa shape index (κ3) is 5.62. The van der Waals surface area contributed by atoms with E-state index in [9.17, 15) is 22.8 Å². The van der Waals surface area contributed by atoms with Gasteiger partial charge in [0.1, 0.15) is 5.75 Å². The molecule has 6 nitrogen and oxygen atoms in total. The van der Waals surface area contributed by atoms with Crippen molar-refractivity contribution in [2.75, 3.05) is 19.6 Å². The normalized spacial score (nSPS) is 23.7. The van der Waals surface area contributed by atoms with Gasteiger partial charge in [0, 0.05) is 25.0 Å². The van der Waals surface area contributed by atoms with Gasteiger partial charge in [-0.25, -0.2) is 4.79 Å². The van der Waals surface area contributed by atoms with E-state index >= 15 is 0 Å². The van der Waals surface area contributed by atoms with E-state index in [2.05, 4.69) is 10.1 Å². The molecule has 1 N–H and O–H groups in total. The highest BCUT2D eigenvalue weighted by atomic mass is 19.4. The number of piperidine rings is 1. The highest BCUT2D eigenvalue weighted by Crippen LogP contribution is 2.59. The Hall–Kier alpha value is -2.45. The predicted molar refractivity (Wildman–Crippen MR) is 108 cm³/mol. The molecule has 0 aromatic heterocycles.